The lowest BCUT2D eigenvalue weighted by molar-refractivity contribution is -0.118. The Hall–Kier alpha value is -1.64. The third kappa shape index (κ3) is 2.06. The predicted octanol–water partition coefficient (Wildman–Crippen LogP) is 1.78. The van der Waals surface area contributed by atoms with Gasteiger partial charge in [0.1, 0.15) is 12.4 Å². The third-order valence-corrected chi connectivity index (χ3v) is 2.45. The van der Waals surface area contributed by atoms with Crippen molar-refractivity contribution in [2.45, 2.75) is 19.8 Å². The Labute approximate surface area is 88.1 Å². The molecule has 0 saturated carbocycles. The fourth-order valence-electron chi connectivity index (χ4n) is 1.69. The van der Waals surface area contributed by atoms with Crippen LogP contribution in [0.2, 0.25) is 0 Å². The summed E-state index contributed by atoms with van der Waals surface area (Å²) in [6.45, 7) is 1.53. The summed E-state index contributed by atoms with van der Waals surface area (Å²) in [5.41, 5.74) is 1.83. The number of ketones is 2. The van der Waals surface area contributed by atoms with Crippen LogP contribution in [-0.4, -0.2) is 18.2 Å². The van der Waals surface area contributed by atoms with Crippen LogP contribution < -0.4 is 4.74 Å². The zero-order valence-corrected chi connectivity index (χ0v) is 8.58. The Morgan fingerprint density at radius 2 is 2.20 bits per heavy atom. The lowest BCUT2D eigenvalue weighted by Gasteiger charge is -2.05. The van der Waals surface area contributed by atoms with Crippen LogP contribution in [0.15, 0.2) is 18.2 Å². The van der Waals surface area contributed by atoms with Crippen LogP contribution in [0.3, 0.4) is 0 Å². The van der Waals surface area contributed by atoms with Gasteiger partial charge in [0.25, 0.3) is 0 Å². The molecule has 0 bridgehead atoms. The number of hydrogen-bond donors (Lipinski definition) is 0. The van der Waals surface area contributed by atoms with Gasteiger partial charge in [-0.25, -0.2) is 0 Å². The molecule has 0 aromatic heterocycles. The van der Waals surface area contributed by atoms with Crippen molar-refractivity contribution in [1.82, 2.24) is 0 Å². The first-order valence-electron chi connectivity index (χ1n) is 4.95. The number of benzene rings is 1. The minimum Gasteiger partial charge on any atom is -0.486 e. The lowest BCUT2D eigenvalue weighted by atomic mass is 10.1. The average Bonchev–Trinajstić information content (AvgIpc) is 2.57. The molecule has 0 N–H and O–H groups in total. The van der Waals surface area contributed by atoms with E-state index in [0.717, 1.165) is 17.5 Å². The van der Waals surface area contributed by atoms with E-state index in [0.29, 0.717) is 12.2 Å². The van der Waals surface area contributed by atoms with Gasteiger partial charge < -0.3 is 4.74 Å². The van der Waals surface area contributed by atoms with Crippen LogP contribution in [0.5, 0.6) is 5.75 Å². The first-order valence-corrected chi connectivity index (χ1v) is 4.95. The maximum Gasteiger partial charge on any atom is 0.167 e. The lowest BCUT2D eigenvalue weighted by Crippen LogP contribution is -2.06. The van der Waals surface area contributed by atoms with E-state index in [-0.39, 0.29) is 18.2 Å². The molecule has 1 aromatic rings. The smallest absolute Gasteiger partial charge is 0.167 e. The number of carbonyl (C=O) groups excluding carboxylic acids is 2. The molecule has 78 valence electrons. The fraction of sp³-hybridized carbons (Fsp3) is 0.333. The van der Waals surface area contributed by atoms with Crippen molar-refractivity contribution in [3.05, 3.63) is 29.3 Å². The Morgan fingerprint density at radius 1 is 1.40 bits per heavy atom. The summed E-state index contributed by atoms with van der Waals surface area (Å²) in [5.74, 6) is 0.735. The highest BCUT2D eigenvalue weighted by Gasteiger charge is 2.19. The molecule has 15 heavy (non-hydrogen) atoms. The first kappa shape index (κ1) is 9.90. The molecule has 1 aliphatic carbocycles. The molecule has 0 heterocycles. The number of fused-ring (bicyclic) bond motifs is 1. The normalized spacial score (nSPS) is 13.8. The van der Waals surface area contributed by atoms with Crippen LogP contribution in [0.25, 0.3) is 0 Å². The van der Waals surface area contributed by atoms with Crippen molar-refractivity contribution in [1.29, 1.82) is 0 Å². The molecule has 0 amide bonds. The summed E-state index contributed by atoms with van der Waals surface area (Å²) in [7, 11) is 0. The van der Waals surface area contributed by atoms with Gasteiger partial charge >= 0.3 is 0 Å². The van der Waals surface area contributed by atoms with E-state index in [1.807, 2.05) is 6.07 Å². The Morgan fingerprint density at radius 3 is 2.93 bits per heavy atom. The van der Waals surface area contributed by atoms with E-state index < -0.39 is 0 Å². The number of aryl methyl sites for hydroxylation is 1. The van der Waals surface area contributed by atoms with Crippen LogP contribution in [0, 0.1) is 0 Å². The largest absolute Gasteiger partial charge is 0.486 e. The first-order chi connectivity index (χ1) is 7.16. The van der Waals surface area contributed by atoms with Crippen LogP contribution in [0.1, 0.15) is 29.3 Å². The van der Waals surface area contributed by atoms with E-state index in [1.54, 1.807) is 12.1 Å². The van der Waals surface area contributed by atoms with Gasteiger partial charge in [-0.05, 0) is 31.0 Å². The summed E-state index contributed by atoms with van der Waals surface area (Å²) in [6, 6.07) is 5.43. The van der Waals surface area contributed by atoms with E-state index in [2.05, 4.69) is 0 Å². The second-order valence-electron chi connectivity index (χ2n) is 3.73. The zero-order valence-electron chi connectivity index (χ0n) is 8.58. The molecule has 0 unspecified atom stereocenters. The number of hydrogen-bond acceptors (Lipinski definition) is 3. The highest BCUT2D eigenvalue weighted by Crippen LogP contribution is 2.25. The SMILES string of the molecule is CC(=O)COc1ccc2c(c1)C(=O)CC2. The molecule has 0 saturated heterocycles. The van der Waals surface area contributed by atoms with Gasteiger partial charge in [0.05, 0.1) is 0 Å². The highest BCUT2D eigenvalue weighted by molar-refractivity contribution is 6.00. The molecule has 0 fully saturated rings. The third-order valence-electron chi connectivity index (χ3n) is 2.45. The standard InChI is InChI=1S/C12H12O3/c1-8(13)7-15-10-4-2-9-3-5-12(14)11(9)6-10/h2,4,6H,3,5,7H2,1H3. The van der Waals surface area contributed by atoms with Crippen molar-refractivity contribution >= 4 is 11.6 Å². The summed E-state index contributed by atoms with van der Waals surface area (Å²) in [4.78, 5) is 22.2. The molecule has 2 rings (SSSR count). The number of ether oxygens (including phenoxy) is 1. The zero-order chi connectivity index (χ0) is 10.8. The second-order valence-corrected chi connectivity index (χ2v) is 3.73. The molecule has 3 heteroatoms. The minimum atomic E-state index is -0.0261. The van der Waals surface area contributed by atoms with Crippen LogP contribution >= 0.6 is 0 Å². The number of Topliss-reactive ketones (excluding diaryl/α,β-unsaturated/α-hetero) is 2. The topological polar surface area (TPSA) is 43.4 Å². The summed E-state index contributed by atoms with van der Waals surface area (Å²) in [6.07, 6.45) is 1.41. The molecule has 0 spiro atoms. The molecule has 1 aliphatic rings. The van der Waals surface area contributed by atoms with Gasteiger partial charge in [0, 0.05) is 12.0 Å². The molecule has 1 aromatic carbocycles. The number of carbonyl (C=O) groups is 2. The van der Waals surface area contributed by atoms with E-state index in [9.17, 15) is 9.59 Å². The molecule has 0 radical (unpaired) electrons. The van der Waals surface area contributed by atoms with E-state index in [1.165, 1.54) is 6.92 Å². The summed E-state index contributed by atoms with van der Waals surface area (Å²) < 4.78 is 5.24. The number of rotatable bonds is 3. The highest BCUT2D eigenvalue weighted by atomic mass is 16.5. The van der Waals surface area contributed by atoms with Gasteiger partial charge in [-0.3, -0.25) is 9.59 Å². The molecule has 0 aliphatic heterocycles. The Kier molecular flexibility index (Phi) is 2.54. The molecular weight excluding hydrogens is 192 g/mol. The average molecular weight is 204 g/mol. The van der Waals surface area contributed by atoms with Crippen molar-refractivity contribution in [2.24, 2.45) is 0 Å². The molecular formula is C12H12O3. The van der Waals surface area contributed by atoms with Gasteiger partial charge in [-0.15, -0.1) is 0 Å². The van der Waals surface area contributed by atoms with Crippen molar-refractivity contribution in [2.75, 3.05) is 6.61 Å². The predicted molar refractivity (Wildman–Crippen MR) is 55.3 cm³/mol. The minimum absolute atomic E-state index is 0.0261. The van der Waals surface area contributed by atoms with E-state index in [4.69, 9.17) is 4.74 Å². The quantitative estimate of drug-likeness (QED) is 0.753. The summed E-state index contributed by atoms with van der Waals surface area (Å²) >= 11 is 0. The van der Waals surface area contributed by atoms with Gasteiger partial charge in [0.2, 0.25) is 0 Å². The van der Waals surface area contributed by atoms with Crippen molar-refractivity contribution in [3.63, 3.8) is 0 Å². The molecule has 3 nitrogen and oxygen atoms in total. The van der Waals surface area contributed by atoms with Gasteiger partial charge in [-0.2, -0.15) is 0 Å². The maximum atomic E-state index is 11.4. The maximum absolute atomic E-state index is 11.4. The fourth-order valence-corrected chi connectivity index (χ4v) is 1.69. The summed E-state index contributed by atoms with van der Waals surface area (Å²) in [5, 5.41) is 0. The van der Waals surface area contributed by atoms with Crippen LogP contribution in [0.4, 0.5) is 0 Å². The Bertz CT molecular complexity index is 421. The molecule has 0 atom stereocenters. The van der Waals surface area contributed by atoms with Gasteiger partial charge in [0.15, 0.2) is 11.6 Å². The van der Waals surface area contributed by atoms with Crippen molar-refractivity contribution in [3.8, 4) is 5.75 Å². The van der Waals surface area contributed by atoms with Crippen LogP contribution in [-0.2, 0) is 11.2 Å². The van der Waals surface area contributed by atoms with Gasteiger partial charge in [-0.1, -0.05) is 6.07 Å². The van der Waals surface area contributed by atoms with Crippen molar-refractivity contribution < 1.29 is 14.3 Å². The van der Waals surface area contributed by atoms with E-state index >= 15 is 0 Å². The monoisotopic (exact) mass is 204 g/mol. The Balaban J connectivity index is 2.18. The second kappa shape index (κ2) is 3.85.